The summed E-state index contributed by atoms with van der Waals surface area (Å²) in [5, 5.41) is 7.05. The van der Waals surface area contributed by atoms with E-state index in [1.165, 1.54) is 0 Å². The molecule has 1 saturated heterocycles. The van der Waals surface area contributed by atoms with Crippen LogP contribution in [0.4, 0.5) is 0 Å². The number of ether oxygens (including phenoxy) is 1. The Hall–Kier alpha value is -2.40. The lowest BCUT2D eigenvalue weighted by atomic mass is 10.0. The van der Waals surface area contributed by atoms with Crippen LogP contribution >= 0.6 is 8.86 Å². The zero-order chi connectivity index (χ0) is 25.4. The molecule has 2 rings (SSSR count). The molecule has 0 saturated carbocycles. The maximum atomic E-state index is 13.2. The number of benzene rings is 1. The predicted molar refractivity (Wildman–Crippen MR) is 139 cm³/mol. The average molecular weight is 490 g/mol. The Kier molecular flexibility index (Phi) is 10.6. The van der Waals surface area contributed by atoms with Crippen LogP contribution < -0.4 is 15.4 Å². The molecular weight excluding hydrogens is 449 g/mol. The molecular formula is C26H40N3O4P. The Labute approximate surface area is 206 Å². The second kappa shape index (κ2) is 12.9. The van der Waals surface area contributed by atoms with E-state index in [9.17, 15) is 14.4 Å². The molecule has 1 aliphatic heterocycles. The van der Waals surface area contributed by atoms with Crippen LogP contribution in [0, 0.1) is 13.8 Å². The topological polar surface area (TPSA) is 87.7 Å². The molecule has 0 bridgehead atoms. The molecule has 1 fully saturated rings. The van der Waals surface area contributed by atoms with Crippen molar-refractivity contribution in [1.29, 1.82) is 0 Å². The number of carbonyl (C=O) groups is 3. The first-order chi connectivity index (χ1) is 16.1. The maximum absolute atomic E-state index is 13.2. The summed E-state index contributed by atoms with van der Waals surface area (Å²) in [6.45, 7) is 10.1. The summed E-state index contributed by atoms with van der Waals surface area (Å²) < 4.78 is 5.37. The van der Waals surface area contributed by atoms with Gasteiger partial charge < -0.3 is 20.3 Å². The summed E-state index contributed by atoms with van der Waals surface area (Å²) in [7, 11) is 5.16. The van der Waals surface area contributed by atoms with E-state index in [0.29, 0.717) is 18.5 Å². The quantitative estimate of drug-likeness (QED) is 0.463. The highest BCUT2D eigenvalue weighted by Gasteiger charge is 2.37. The van der Waals surface area contributed by atoms with Gasteiger partial charge in [0.25, 0.3) is 5.91 Å². The molecule has 7 nitrogen and oxygen atoms in total. The zero-order valence-corrected chi connectivity index (χ0v) is 22.4. The molecule has 3 unspecified atom stereocenters. The minimum atomic E-state index is -0.739. The lowest BCUT2D eigenvalue weighted by Gasteiger charge is -2.29. The van der Waals surface area contributed by atoms with Gasteiger partial charge >= 0.3 is 0 Å². The van der Waals surface area contributed by atoms with Crippen molar-refractivity contribution in [2.75, 3.05) is 13.7 Å². The number of nitrogens with one attached hydrogen (secondary N) is 2. The third kappa shape index (κ3) is 7.30. The van der Waals surface area contributed by atoms with Crippen molar-refractivity contribution in [2.24, 2.45) is 0 Å². The number of aryl methyl sites for hydroxylation is 2. The van der Waals surface area contributed by atoms with Crippen LogP contribution in [0.1, 0.15) is 80.8 Å². The van der Waals surface area contributed by atoms with Crippen molar-refractivity contribution in [3.8, 4) is 5.75 Å². The van der Waals surface area contributed by atoms with Crippen molar-refractivity contribution in [1.82, 2.24) is 15.5 Å². The largest absolute Gasteiger partial charge is 0.496 e. The van der Waals surface area contributed by atoms with Crippen LogP contribution in [0.15, 0.2) is 12.1 Å². The van der Waals surface area contributed by atoms with E-state index in [1.807, 2.05) is 20.8 Å². The molecule has 188 valence electrons. The van der Waals surface area contributed by atoms with Gasteiger partial charge in [0.15, 0.2) is 0 Å². The fourth-order valence-electron chi connectivity index (χ4n) is 4.64. The molecule has 0 aliphatic carbocycles. The van der Waals surface area contributed by atoms with Gasteiger partial charge in [0.1, 0.15) is 17.8 Å². The molecule has 0 aromatic heterocycles. The van der Waals surface area contributed by atoms with Crippen molar-refractivity contribution in [3.63, 3.8) is 0 Å². The van der Waals surface area contributed by atoms with E-state index in [4.69, 9.17) is 4.74 Å². The number of nitrogens with zero attached hydrogens (tertiary/aromatic N) is 1. The van der Waals surface area contributed by atoms with Gasteiger partial charge in [-0.3, -0.25) is 14.4 Å². The van der Waals surface area contributed by atoms with E-state index in [2.05, 4.69) is 26.4 Å². The lowest BCUT2D eigenvalue weighted by molar-refractivity contribution is -0.139. The first-order valence-corrected chi connectivity index (χ1v) is 12.7. The molecule has 2 N–H and O–H groups in total. The normalized spacial score (nSPS) is 17.1. The number of likely N-dealkylation sites (tertiary alicyclic amines) is 1. The Morgan fingerprint density at radius 3 is 2.41 bits per heavy atom. The van der Waals surface area contributed by atoms with Crippen LogP contribution in [-0.4, -0.2) is 59.7 Å². The number of amides is 3. The fourth-order valence-corrected chi connectivity index (χ4v) is 4.89. The minimum absolute atomic E-state index is 0.0428. The highest BCUT2D eigenvalue weighted by Crippen LogP contribution is 2.24. The summed E-state index contributed by atoms with van der Waals surface area (Å²) in [5.74, 6) is 0.0785. The van der Waals surface area contributed by atoms with Crippen LogP contribution in [0.5, 0.6) is 5.75 Å². The fraction of sp³-hybridized carbons (Fsp3) is 0.615. The highest BCUT2D eigenvalue weighted by atomic mass is 31.0. The summed E-state index contributed by atoms with van der Waals surface area (Å²) >= 11 is 0. The second-order valence-corrected chi connectivity index (χ2v) is 10.2. The van der Waals surface area contributed by atoms with E-state index in [-0.39, 0.29) is 23.8 Å². The maximum Gasteiger partial charge on any atom is 0.251 e. The molecule has 1 aromatic carbocycles. The molecule has 1 heterocycles. The summed E-state index contributed by atoms with van der Waals surface area (Å²) in [6, 6.07) is 2.31. The van der Waals surface area contributed by atoms with Gasteiger partial charge in [0.2, 0.25) is 11.8 Å². The Balaban J connectivity index is 2.05. The van der Waals surface area contributed by atoms with E-state index >= 15 is 0 Å². The number of carbonyl (C=O) groups excluding carboxylic acids is 3. The van der Waals surface area contributed by atoms with Crippen molar-refractivity contribution in [3.05, 3.63) is 28.8 Å². The van der Waals surface area contributed by atoms with Crippen LogP contribution in [0.2, 0.25) is 0 Å². The second-order valence-electron chi connectivity index (χ2n) is 9.36. The lowest BCUT2D eigenvalue weighted by Crippen LogP contribution is -2.53. The molecule has 3 amide bonds. The van der Waals surface area contributed by atoms with Gasteiger partial charge in [-0.1, -0.05) is 25.1 Å². The Morgan fingerprint density at radius 2 is 1.85 bits per heavy atom. The molecule has 34 heavy (non-hydrogen) atoms. The number of methoxy groups -OCH3 is 1. The van der Waals surface area contributed by atoms with Gasteiger partial charge in [0, 0.05) is 18.2 Å². The van der Waals surface area contributed by atoms with E-state index in [1.54, 1.807) is 31.1 Å². The summed E-state index contributed by atoms with van der Waals surface area (Å²) in [5.41, 5.74) is 2.19. The summed E-state index contributed by atoms with van der Waals surface area (Å²) in [4.78, 5) is 40.7. The van der Waals surface area contributed by atoms with Gasteiger partial charge in [0.05, 0.1) is 7.11 Å². The zero-order valence-electron chi connectivity index (χ0n) is 21.4. The third-order valence-electron chi connectivity index (χ3n) is 6.29. The van der Waals surface area contributed by atoms with E-state index in [0.717, 1.165) is 54.3 Å². The minimum Gasteiger partial charge on any atom is -0.496 e. The third-order valence-corrected chi connectivity index (χ3v) is 6.49. The van der Waals surface area contributed by atoms with Gasteiger partial charge in [-0.05, 0) is 76.6 Å². The molecule has 0 spiro atoms. The smallest absolute Gasteiger partial charge is 0.251 e. The van der Waals surface area contributed by atoms with Gasteiger partial charge in [-0.25, -0.2) is 0 Å². The monoisotopic (exact) mass is 489 g/mol. The molecule has 3 atom stereocenters. The SMILES string of the molecule is CCCCC(CC(C)=P)NC(=O)C1CCCN1C(=O)C(C)NC(=O)c1cc(C)c(OC)c(C)c1. The number of rotatable bonds is 11. The van der Waals surface area contributed by atoms with Crippen LogP contribution in [0.3, 0.4) is 0 Å². The standard InChI is InChI=1S/C26H40N3O4P/c1-7-8-10-21(15-18(4)34)28-25(31)22-11-9-12-29(22)26(32)19(5)27-24(30)20-13-16(2)23(33-6)17(3)14-20/h13-14,19,21-22,34H,7-12,15H2,1-6H3,(H,27,30)(H,28,31). The predicted octanol–water partition coefficient (Wildman–Crippen LogP) is 3.82. The number of hydrogen-bond donors (Lipinski definition) is 2. The first-order valence-electron chi connectivity index (χ1n) is 12.2. The molecule has 0 radical (unpaired) electrons. The van der Waals surface area contributed by atoms with Crippen LogP contribution in [0.25, 0.3) is 0 Å². The number of unbranched alkanes of at least 4 members (excludes halogenated alkanes) is 1. The summed E-state index contributed by atoms with van der Waals surface area (Å²) in [6.07, 6.45) is 5.15. The van der Waals surface area contributed by atoms with E-state index < -0.39 is 12.1 Å². The van der Waals surface area contributed by atoms with Crippen molar-refractivity contribution in [2.45, 2.75) is 91.3 Å². The molecule has 1 aliphatic rings. The van der Waals surface area contributed by atoms with Gasteiger partial charge in [-0.15, -0.1) is 8.86 Å². The average Bonchev–Trinajstić information content (AvgIpc) is 3.26. The number of hydrogen-bond acceptors (Lipinski definition) is 4. The van der Waals surface area contributed by atoms with Crippen molar-refractivity contribution < 1.29 is 19.1 Å². The Morgan fingerprint density at radius 1 is 1.21 bits per heavy atom. The van der Waals surface area contributed by atoms with Crippen molar-refractivity contribution >= 4 is 31.9 Å². The Bertz CT molecular complexity index is 894. The first kappa shape index (κ1) is 27.8. The molecule has 1 aromatic rings. The van der Waals surface area contributed by atoms with Crippen LogP contribution in [-0.2, 0) is 9.59 Å². The van der Waals surface area contributed by atoms with Gasteiger partial charge in [-0.2, -0.15) is 0 Å². The molecule has 8 heteroatoms. The highest BCUT2D eigenvalue weighted by molar-refractivity contribution is 7.20.